The van der Waals surface area contributed by atoms with Gasteiger partial charge in [0.2, 0.25) is 17.7 Å². The Morgan fingerprint density at radius 3 is 2.22 bits per heavy atom. The Morgan fingerprint density at radius 1 is 0.891 bits per heavy atom. The lowest BCUT2D eigenvalue weighted by atomic mass is 9.96. The van der Waals surface area contributed by atoms with Crippen LogP contribution in [0.25, 0.3) is 0 Å². The van der Waals surface area contributed by atoms with Crippen LogP contribution in [0.2, 0.25) is 0 Å². The molecule has 0 radical (unpaired) electrons. The van der Waals surface area contributed by atoms with E-state index < -0.39 is 42.1 Å². The quantitative estimate of drug-likeness (QED) is 0.146. The van der Waals surface area contributed by atoms with Crippen molar-refractivity contribution in [3.8, 4) is 0 Å². The summed E-state index contributed by atoms with van der Waals surface area (Å²) in [6.07, 6.45) is 2.80. The van der Waals surface area contributed by atoms with Gasteiger partial charge in [0.15, 0.2) is 0 Å². The number of nitrogens with one attached hydrogen (secondary N) is 4. The molecule has 0 saturated carbocycles. The van der Waals surface area contributed by atoms with Crippen LogP contribution in [0, 0.1) is 11.8 Å². The van der Waals surface area contributed by atoms with Gasteiger partial charge in [-0.15, -0.1) is 0 Å². The third kappa shape index (κ3) is 14.9. The van der Waals surface area contributed by atoms with Crippen molar-refractivity contribution >= 4 is 23.8 Å². The molecule has 0 aliphatic rings. The van der Waals surface area contributed by atoms with Gasteiger partial charge in [-0.25, -0.2) is 4.79 Å². The third-order valence-corrected chi connectivity index (χ3v) is 7.70. The summed E-state index contributed by atoms with van der Waals surface area (Å²) in [7, 11) is 0. The number of aliphatic hydroxyl groups excluding tert-OH is 1. The number of unbranched alkanes of at least 4 members (excludes halogenated alkanes) is 1. The van der Waals surface area contributed by atoms with Crippen LogP contribution < -0.4 is 21.3 Å². The predicted octanol–water partition coefficient (Wildman–Crippen LogP) is 4.04. The summed E-state index contributed by atoms with van der Waals surface area (Å²) in [6, 6.07) is 11.8. The Balaban J connectivity index is 2.15. The number of aromatic nitrogens is 1. The van der Waals surface area contributed by atoms with Crippen LogP contribution in [0.1, 0.15) is 84.4 Å². The number of aliphatic hydroxyl groups is 1. The van der Waals surface area contributed by atoms with Crippen molar-refractivity contribution in [1.29, 1.82) is 0 Å². The Labute approximate surface area is 273 Å². The zero-order chi connectivity index (χ0) is 33.9. The number of rotatable bonds is 20. The maximum atomic E-state index is 13.6. The van der Waals surface area contributed by atoms with E-state index in [1.165, 1.54) is 0 Å². The van der Waals surface area contributed by atoms with E-state index in [2.05, 4.69) is 26.3 Å². The number of carbonyl (C=O) groups is 4. The zero-order valence-electron chi connectivity index (χ0n) is 28.0. The van der Waals surface area contributed by atoms with Gasteiger partial charge in [-0.1, -0.05) is 90.3 Å². The van der Waals surface area contributed by atoms with Crippen molar-refractivity contribution < 1.29 is 29.0 Å². The first-order valence-electron chi connectivity index (χ1n) is 16.4. The lowest BCUT2D eigenvalue weighted by Gasteiger charge is -2.29. The SMILES string of the molecule is CCCC[C@H](NC(=O)[C@H](Cc1ccccn1)NC(=O)OCc1ccccc1)C(=O)NC(CC(C)C)C(O)CC(=O)NCC(C)CC. The number of alkyl carbamates (subject to hydrolysis) is 1. The molecule has 5 N–H and O–H groups in total. The van der Waals surface area contributed by atoms with Crippen LogP contribution in [0.4, 0.5) is 4.79 Å². The largest absolute Gasteiger partial charge is 0.445 e. The Morgan fingerprint density at radius 2 is 1.59 bits per heavy atom. The molecule has 1 aromatic heterocycles. The molecular weight excluding hydrogens is 586 g/mol. The van der Waals surface area contributed by atoms with E-state index in [0.717, 1.165) is 18.4 Å². The molecule has 0 bridgehead atoms. The monoisotopic (exact) mass is 639 g/mol. The highest BCUT2D eigenvalue weighted by atomic mass is 16.5. The lowest BCUT2D eigenvalue weighted by Crippen LogP contribution is -2.57. The highest BCUT2D eigenvalue weighted by Gasteiger charge is 2.31. The van der Waals surface area contributed by atoms with E-state index in [0.29, 0.717) is 37.4 Å². The summed E-state index contributed by atoms with van der Waals surface area (Å²) < 4.78 is 5.36. The van der Waals surface area contributed by atoms with Gasteiger partial charge in [0, 0.05) is 24.9 Å². The van der Waals surface area contributed by atoms with Crippen LogP contribution >= 0.6 is 0 Å². The van der Waals surface area contributed by atoms with E-state index in [9.17, 15) is 24.3 Å². The lowest BCUT2D eigenvalue weighted by molar-refractivity contribution is -0.131. The van der Waals surface area contributed by atoms with Crippen LogP contribution in [0.3, 0.4) is 0 Å². The van der Waals surface area contributed by atoms with Crippen LogP contribution in [0.15, 0.2) is 54.7 Å². The van der Waals surface area contributed by atoms with Gasteiger partial charge in [-0.2, -0.15) is 0 Å². The summed E-state index contributed by atoms with van der Waals surface area (Å²) >= 11 is 0. The van der Waals surface area contributed by atoms with Crippen molar-refractivity contribution in [3.63, 3.8) is 0 Å². The molecule has 254 valence electrons. The molecule has 1 aromatic carbocycles. The smallest absolute Gasteiger partial charge is 0.408 e. The van der Waals surface area contributed by atoms with Gasteiger partial charge in [-0.3, -0.25) is 19.4 Å². The highest BCUT2D eigenvalue weighted by Crippen LogP contribution is 2.13. The minimum absolute atomic E-state index is 0.0291. The molecule has 0 saturated heterocycles. The number of nitrogens with zero attached hydrogens (tertiary/aromatic N) is 1. The molecule has 11 heteroatoms. The van der Waals surface area contributed by atoms with Gasteiger partial charge in [0.25, 0.3) is 0 Å². The standard InChI is InChI=1S/C35H53N5O6/c1-6-8-17-28(33(43)39-29(19-24(3)4)31(41)21-32(42)37-22-25(5)7-2)38-34(44)30(20-27-16-12-13-18-36-27)40-35(45)46-23-26-14-10-9-11-15-26/h9-16,18,24-25,28-31,41H,6-8,17,19-23H2,1-5H3,(H,37,42)(H,38,44)(H,39,43)(H,40,45)/t25?,28-,29?,30-,31?/m0/s1. The first-order chi connectivity index (χ1) is 22.0. The van der Waals surface area contributed by atoms with Crippen molar-refractivity contribution in [2.24, 2.45) is 11.8 Å². The molecule has 4 amide bonds. The fourth-order valence-corrected chi connectivity index (χ4v) is 4.73. The minimum Gasteiger partial charge on any atom is -0.445 e. The molecule has 2 aromatic rings. The van der Waals surface area contributed by atoms with E-state index in [4.69, 9.17) is 4.74 Å². The van der Waals surface area contributed by atoms with E-state index in [-0.39, 0.29) is 31.3 Å². The van der Waals surface area contributed by atoms with E-state index >= 15 is 0 Å². The van der Waals surface area contributed by atoms with Gasteiger partial charge in [-0.05, 0) is 42.4 Å². The summed E-state index contributed by atoms with van der Waals surface area (Å²) in [6.45, 7) is 10.5. The molecule has 46 heavy (non-hydrogen) atoms. The van der Waals surface area contributed by atoms with Gasteiger partial charge < -0.3 is 31.1 Å². The van der Waals surface area contributed by atoms with Crippen LogP contribution in [0.5, 0.6) is 0 Å². The molecule has 1 heterocycles. The summed E-state index contributed by atoms with van der Waals surface area (Å²) in [5.41, 5.74) is 1.37. The fraction of sp³-hybridized carbons (Fsp3) is 0.571. The molecule has 11 nitrogen and oxygen atoms in total. The van der Waals surface area contributed by atoms with Crippen molar-refractivity contribution in [2.75, 3.05) is 6.54 Å². The molecule has 0 aliphatic heterocycles. The van der Waals surface area contributed by atoms with E-state index in [1.54, 1.807) is 24.4 Å². The predicted molar refractivity (Wildman–Crippen MR) is 177 cm³/mol. The molecule has 0 fully saturated rings. The summed E-state index contributed by atoms with van der Waals surface area (Å²) in [4.78, 5) is 56.8. The number of benzene rings is 1. The van der Waals surface area contributed by atoms with Crippen LogP contribution in [-0.4, -0.2) is 64.7 Å². The number of carbonyl (C=O) groups excluding carboxylic acids is 4. The maximum Gasteiger partial charge on any atom is 0.408 e. The van der Waals surface area contributed by atoms with Gasteiger partial charge in [0.05, 0.1) is 18.6 Å². The molecule has 5 atom stereocenters. The number of pyridine rings is 1. The number of ether oxygens (including phenoxy) is 1. The number of amides is 4. The summed E-state index contributed by atoms with van der Waals surface area (Å²) in [5, 5.41) is 22.2. The van der Waals surface area contributed by atoms with Crippen molar-refractivity contribution in [2.45, 2.75) is 110 Å². The highest BCUT2D eigenvalue weighted by molar-refractivity contribution is 5.91. The average Bonchev–Trinajstić information content (AvgIpc) is 3.04. The normalized spacial score (nSPS) is 14.3. The van der Waals surface area contributed by atoms with E-state index in [1.807, 2.05) is 65.0 Å². The second-order valence-electron chi connectivity index (χ2n) is 12.3. The minimum atomic E-state index is -1.11. The topological polar surface area (TPSA) is 159 Å². The van der Waals surface area contributed by atoms with Crippen molar-refractivity contribution in [3.05, 3.63) is 66.0 Å². The summed E-state index contributed by atoms with van der Waals surface area (Å²) in [5.74, 6) is -0.870. The number of hydrogen-bond acceptors (Lipinski definition) is 7. The third-order valence-electron chi connectivity index (χ3n) is 7.70. The van der Waals surface area contributed by atoms with Crippen molar-refractivity contribution in [1.82, 2.24) is 26.3 Å². The average molecular weight is 640 g/mol. The molecular formula is C35H53N5O6. The number of hydrogen-bond donors (Lipinski definition) is 5. The Bertz CT molecular complexity index is 1200. The second-order valence-corrected chi connectivity index (χ2v) is 12.3. The first-order valence-corrected chi connectivity index (χ1v) is 16.4. The van der Waals surface area contributed by atoms with Gasteiger partial charge >= 0.3 is 6.09 Å². The molecule has 0 aliphatic carbocycles. The Hall–Kier alpha value is -3.99. The first kappa shape index (κ1) is 38.2. The van der Waals surface area contributed by atoms with Gasteiger partial charge in [0.1, 0.15) is 18.7 Å². The molecule has 0 spiro atoms. The molecule has 2 rings (SSSR count). The second kappa shape index (κ2) is 20.9. The zero-order valence-corrected chi connectivity index (χ0v) is 28.0. The molecule has 3 unspecified atom stereocenters. The maximum absolute atomic E-state index is 13.6. The fourth-order valence-electron chi connectivity index (χ4n) is 4.73. The van der Waals surface area contributed by atoms with Crippen LogP contribution in [-0.2, 0) is 32.1 Å². The Kier molecular flexibility index (Phi) is 17.4.